The molecule has 80 valence electrons. The molecular formula is C12H9FN2O. The summed E-state index contributed by atoms with van der Waals surface area (Å²) < 4.78 is 18.6. The molecule has 16 heavy (non-hydrogen) atoms. The fraction of sp³-hybridized carbons (Fsp3) is 0.0833. The number of benzene rings is 1. The van der Waals surface area contributed by atoms with E-state index in [1.807, 2.05) is 6.08 Å². The molecule has 0 spiro atoms. The van der Waals surface area contributed by atoms with Gasteiger partial charge < -0.3 is 9.72 Å². The van der Waals surface area contributed by atoms with Crippen LogP contribution < -0.4 is 4.74 Å². The highest BCUT2D eigenvalue weighted by molar-refractivity contribution is 5.80. The van der Waals surface area contributed by atoms with Crippen molar-refractivity contribution >= 4 is 5.57 Å². The molecule has 0 saturated carbocycles. The van der Waals surface area contributed by atoms with E-state index in [0.717, 1.165) is 17.0 Å². The van der Waals surface area contributed by atoms with Crippen LogP contribution in [0, 0.1) is 5.82 Å². The van der Waals surface area contributed by atoms with Gasteiger partial charge in [-0.05, 0) is 24.3 Å². The molecule has 0 radical (unpaired) electrons. The van der Waals surface area contributed by atoms with Crippen molar-refractivity contribution < 1.29 is 9.13 Å². The molecule has 1 aromatic carbocycles. The van der Waals surface area contributed by atoms with Crippen LogP contribution in [0.3, 0.4) is 0 Å². The Kier molecular flexibility index (Phi) is 1.99. The van der Waals surface area contributed by atoms with E-state index in [0.29, 0.717) is 12.4 Å². The van der Waals surface area contributed by atoms with Crippen LogP contribution in [-0.2, 0) is 0 Å². The number of rotatable bonds is 1. The molecule has 1 aliphatic rings. The molecule has 0 aliphatic carbocycles. The SMILES string of the molecule is Fc1ccc2c(c1)C(c1ncc[nH]1)=CCO2. The van der Waals surface area contributed by atoms with Crippen LogP contribution in [0.15, 0.2) is 36.7 Å². The Morgan fingerprint density at radius 2 is 2.31 bits per heavy atom. The minimum absolute atomic E-state index is 0.276. The Hall–Kier alpha value is -2.10. The zero-order valence-corrected chi connectivity index (χ0v) is 8.40. The van der Waals surface area contributed by atoms with Gasteiger partial charge in [0.2, 0.25) is 0 Å². The third-order valence-corrected chi connectivity index (χ3v) is 2.51. The first-order valence-corrected chi connectivity index (χ1v) is 4.97. The van der Waals surface area contributed by atoms with Gasteiger partial charge in [0, 0.05) is 23.5 Å². The Morgan fingerprint density at radius 3 is 3.12 bits per heavy atom. The molecule has 0 atom stereocenters. The highest BCUT2D eigenvalue weighted by Crippen LogP contribution is 2.32. The second-order valence-electron chi connectivity index (χ2n) is 3.51. The maximum atomic E-state index is 13.2. The smallest absolute Gasteiger partial charge is 0.137 e. The average molecular weight is 216 g/mol. The second-order valence-corrected chi connectivity index (χ2v) is 3.51. The minimum atomic E-state index is -0.276. The van der Waals surface area contributed by atoms with E-state index in [1.165, 1.54) is 12.1 Å². The highest BCUT2D eigenvalue weighted by atomic mass is 19.1. The van der Waals surface area contributed by atoms with Gasteiger partial charge in [-0.25, -0.2) is 9.37 Å². The number of nitrogens with one attached hydrogen (secondary N) is 1. The van der Waals surface area contributed by atoms with Gasteiger partial charge in [0.05, 0.1) is 0 Å². The summed E-state index contributed by atoms with van der Waals surface area (Å²) in [6.07, 6.45) is 5.30. The maximum Gasteiger partial charge on any atom is 0.137 e. The van der Waals surface area contributed by atoms with Crippen molar-refractivity contribution in [2.45, 2.75) is 0 Å². The van der Waals surface area contributed by atoms with Crippen molar-refractivity contribution in [3.63, 3.8) is 0 Å². The Morgan fingerprint density at radius 1 is 1.38 bits per heavy atom. The van der Waals surface area contributed by atoms with Gasteiger partial charge in [-0.1, -0.05) is 0 Å². The molecule has 3 nitrogen and oxygen atoms in total. The summed E-state index contributed by atoms with van der Waals surface area (Å²) in [5.74, 6) is 1.15. The van der Waals surface area contributed by atoms with Gasteiger partial charge >= 0.3 is 0 Å². The lowest BCUT2D eigenvalue weighted by Gasteiger charge is -2.17. The van der Waals surface area contributed by atoms with E-state index in [9.17, 15) is 4.39 Å². The first-order chi connectivity index (χ1) is 7.84. The summed E-state index contributed by atoms with van der Waals surface area (Å²) in [4.78, 5) is 7.18. The quantitative estimate of drug-likeness (QED) is 0.794. The monoisotopic (exact) mass is 216 g/mol. The third-order valence-electron chi connectivity index (χ3n) is 2.51. The molecule has 4 heteroatoms. The van der Waals surface area contributed by atoms with Crippen LogP contribution in [0.4, 0.5) is 4.39 Å². The molecule has 0 fully saturated rings. The molecule has 2 heterocycles. The van der Waals surface area contributed by atoms with Crippen molar-refractivity contribution in [3.05, 3.63) is 53.9 Å². The van der Waals surface area contributed by atoms with Crippen molar-refractivity contribution in [2.24, 2.45) is 0 Å². The standard InChI is InChI=1S/C12H9FN2O/c13-8-1-2-11-10(7-8)9(3-6-16-11)12-14-4-5-15-12/h1-5,7H,6H2,(H,14,15). The summed E-state index contributed by atoms with van der Waals surface area (Å²) in [5, 5.41) is 0. The number of ether oxygens (including phenoxy) is 1. The first kappa shape index (κ1) is 9.15. The Balaban J connectivity index is 2.16. The predicted molar refractivity (Wildman–Crippen MR) is 57.6 cm³/mol. The van der Waals surface area contributed by atoms with Gasteiger partial charge in [0.1, 0.15) is 24.0 Å². The number of fused-ring (bicyclic) bond motifs is 1. The maximum absolute atomic E-state index is 13.2. The van der Waals surface area contributed by atoms with E-state index in [-0.39, 0.29) is 5.82 Å². The van der Waals surface area contributed by atoms with E-state index in [1.54, 1.807) is 18.5 Å². The Bertz CT molecular complexity index is 546. The number of aromatic nitrogens is 2. The highest BCUT2D eigenvalue weighted by Gasteiger charge is 2.17. The lowest BCUT2D eigenvalue weighted by atomic mass is 10.0. The number of hydrogen-bond acceptors (Lipinski definition) is 2. The number of nitrogens with zero attached hydrogens (tertiary/aromatic N) is 1. The largest absolute Gasteiger partial charge is 0.489 e. The summed E-state index contributed by atoms with van der Waals surface area (Å²) in [7, 11) is 0. The minimum Gasteiger partial charge on any atom is -0.489 e. The number of aromatic amines is 1. The molecule has 3 rings (SSSR count). The summed E-state index contributed by atoms with van der Waals surface area (Å²) in [5.41, 5.74) is 1.62. The van der Waals surface area contributed by atoms with Crippen molar-refractivity contribution in [1.82, 2.24) is 9.97 Å². The van der Waals surface area contributed by atoms with Crippen LogP contribution in [0.5, 0.6) is 5.75 Å². The van der Waals surface area contributed by atoms with Gasteiger partial charge in [-0.2, -0.15) is 0 Å². The van der Waals surface area contributed by atoms with Gasteiger partial charge in [0.25, 0.3) is 0 Å². The third kappa shape index (κ3) is 1.39. The van der Waals surface area contributed by atoms with Gasteiger partial charge in [-0.3, -0.25) is 0 Å². The number of hydrogen-bond donors (Lipinski definition) is 1. The molecule has 0 saturated heterocycles. The van der Waals surface area contributed by atoms with Crippen LogP contribution in [0.25, 0.3) is 5.57 Å². The summed E-state index contributed by atoms with van der Waals surface area (Å²) >= 11 is 0. The molecule has 1 aliphatic heterocycles. The van der Waals surface area contributed by atoms with Gasteiger partial charge in [0.15, 0.2) is 0 Å². The first-order valence-electron chi connectivity index (χ1n) is 4.97. The van der Waals surface area contributed by atoms with Crippen molar-refractivity contribution in [2.75, 3.05) is 6.61 Å². The van der Waals surface area contributed by atoms with E-state index in [2.05, 4.69) is 9.97 Å². The molecule has 0 amide bonds. The zero-order valence-electron chi connectivity index (χ0n) is 8.40. The second kappa shape index (κ2) is 3.48. The summed E-state index contributed by atoms with van der Waals surface area (Å²) in [6, 6.07) is 4.49. The lowest BCUT2D eigenvalue weighted by Crippen LogP contribution is -2.06. The van der Waals surface area contributed by atoms with Crippen LogP contribution >= 0.6 is 0 Å². The van der Waals surface area contributed by atoms with Crippen LogP contribution in [-0.4, -0.2) is 16.6 Å². The fourth-order valence-corrected chi connectivity index (χ4v) is 1.80. The molecule has 0 bridgehead atoms. The number of H-pyrrole nitrogens is 1. The van der Waals surface area contributed by atoms with Crippen molar-refractivity contribution in [1.29, 1.82) is 0 Å². The zero-order chi connectivity index (χ0) is 11.0. The van der Waals surface area contributed by atoms with E-state index in [4.69, 9.17) is 4.74 Å². The van der Waals surface area contributed by atoms with Crippen LogP contribution in [0.1, 0.15) is 11.4 Å². The molecular weight excluding hydrogens is 207 g/mol. The number of imidazole rings is 1. The van der Waals surface area contributed by atoms with Crippen LogP contribution in [0.2, 0.25) is 0 Å². The number of halogens is 1. The van der Waals surface area contributed by atoms with Gasteiger partial charge in [-0.15, -0.1) is 0 Å². The molecule has 1 aromatic heterocycles. The van der Waals surface area contributed by atoms with E-state index < -0.39 is 0 Å². The molecule has 2 aromatic rings. The fourth-order valence-electron chi connectivity index (χ4n) is 1.80. The van der Waals surface area contributed by atoms with Crippen molar-refractivity contribution in [3.8, 4) is 5.75 Å². The molecule has 0 unspecified atom stereocenters. The topological polar surface area (TPSA) is 37.9 Å². The summed E-state index contributed by atoms with van der Waals surface area (Å²) in [6.45, 7) is 0.481. The van der Waals surface area contributed by atoms with E-state index >= 15 is 0 Å². The predicted octanol–water partition coefficient (Wildman–Crippen LogP) is 2.37. The Labute approximate surface area is 91.6 Å². The average Bonchev–Trinajstić information content (AvgIpc) is 2.81. The lowest BCUT2D eigenvalue weighted by molar-refractivity contribution is 0.356. The normalized spacial score (nSPS) is 13.9. The molecule has 1 N–H and O–H groups in total.